The summed E-state index contributed by atoms with van der Waals surface area (Å²) in [6, 6.07) is 4.97. The number of rotatable bonds is 3. The van der Waals surface area contributed by atoms with E-state index in [-0.39, 0.29) is 17.2 Å². The maximum absolute atomic E-state index is 14.5. The monoisotopic (exact) mass is 499 g/mol. The number of aromatic nitrogens is 2. The molecule has 0 spiro atoms. The van der Waals surface area contributed by atoms with Gasteiger partial charge in [-0.15, -0.1) is 0 Å². The van der Waals surface area contributed by atoms with Gasteiger partial charge in [-0.05, 0) is 70.0 Å². The first kappa shape index (κ1) is 18.8. The third-order valence-electron chi connectivity index (χ3n) is 5.41. The topological polar surface area (TPSA) is 67.2 Å². The second-order valence-corrected chi connectivity index (χ2v) is 9.86. The maximum atomic E-state index is 14.5. The number of carboxylic acids is 1. The van der Waals surface area contributed by atoms with Crippen molar-refractivity contribution in [3.63, 3.8) is 0 Å². The zero-order valence-electron chi connectivity index (χ0n) is 14.9. The van der Waals surface area contributed by atoms with Gasteiger partial charge in [-0.1, -0.05) is 13.8 Å². The molecule has 5 nitrogen and oxygen atoms in total. The van der Waals surface area contributed by atoms with Crippen LogP contribution in [0.25, 0.3) is 0 Å². The lowest BCUT2D eigenvalue weighted by Crippen LogP contribution is -2.23. The van der Waals surface area contributed by atoms with Gasteiger partial charge >= 0.3 is 5.97 Å². The Morgan fingerprint density at radius 3 is 2.96 bits per heavy atom. The lowest BCUT2D eigenvalue weighted by molar-refractivity contribution is -0.140. The predicted octanol–water partition coefficient (Wildman–Crippen LogP) is 4.80. The Balaban J connectivity index is 1.85. The van der Waals surface area contributed by atoms with E-state index < -0.39 is 11.9 Å². The first-order chi connectivity index (χ1) is 12.8. The molecule has 4 rings (SSSR count). The summed E-state index contributed by atoms with van der Waals surface area (Å²) in [5.41, 5.74) is 1.02. The van der Waals surface area contributed by atoms with Crippen molar-refractivity contribution in [1.82, 2.24) is 9.55 Å². The summed E-state index contributed by atoms with van der Waals surface area (Å²) in [6.45, 7) is 4.89. The van der Waals surface area contributed by atoms with Crippen molar-refractivity contribution in [2.45, 2.75) is 32.0 Å². The molecule has 1 aliphatic heterocycles. The highest BCUT2D eigenvalue weighted by molar-refractivity contribution is 14.1. The standard InChI is InChI=1S/C19H19FIN3O2S/c1-19(2)8-11(17(25)26)15-12(19)9-24-6-5-22-18(24)27-16(15)23-14-4-3-10(21)7-13(14)20/h3-7,11-12,23H,8-9H2,1-2H3,(H,25,26). The quantitative estimate of drug-likeness (QED) is 0.594. The van der Waals surface area contributed by atoms with E-state index in [0.29, 0.717) is 23.7 Å². The number of halogens is 2. The third kappa shape index (κ3) is 3.37. The van der Waals surface area contributed by atoms with Gasteiger partial charge in [0.05, 0.1) is 16.6 Å². The largest absolute Gasteiger partial charge is 0.481 e. The second kappa shape index (κ2) is 6.80. The smallest absolute Gasteiger partial charge is 0.310 e. The van der Waals surface area contributed by atoms with E-state index in [2.05, 4.69) is 51.3 Å². The molecule has 2 heterocycles. The number of hydrogen-bond donors (Lipinski definition) is 2. The number of hydrogen-bond acceptors (Lipinski definition) is 4. The minimum atomic E-state index is -0.830. The third-order valence-corrected chi connectivity index (χ3v) is 7.15. The maximum Gasteiger partial charge on any atom is 0.310 e. The van der Waals surface area contributed by atoms with Gasteiger partial charge in [0.15, 0.2) is 5.16 Å². The molecule has 0 radical (unpaired) electrons. The molecule has 8 heteroatoms. The Morgan fingerprint density at radius 2 is 2.26 bits per heavy atom. The van der Waals surface area contributed by atoms with Crippen LogP contribution in [0.4, 0.5) is 10.1 Å². The highest BCUT2D eigenvalue weighted by Crippen LogP contribution is 2.55. The Bertz CT molecular complexity index is 956. The molecule has 1 saturated carbocycles. The molecular weight excluding hydrogens is 480 g/mol. The van der Waals surface area contributed by atoms with Crippen LogP contribution in [0.1, 0.15) is 20.3 Å². The van der Waals surface area contributed by atoms with Gasteiger partial charge in [0.2, 0.25) is 0 Å². The van der Waals surface area contributed by atoms with Gasteiger partial charge in [-0.25, -0.2) is 9.37 Å². The van der Waals surface area contributed by atoms with E-state index in [1.165, 1.54) is 17.8 Å². The highest BCUT2D eigenvalue weighted by atomic mass is 127. The van der Waals surface area contributed by atoms with Crippen molar-refractivity contribution in [3.05, 3.63) is 50.6 Å². The fourth-order valence-corrected chi connectivity index (χ4v) is 5.59. The summed E-state index contributed by atoms with van der Waals surface area (Å²) in [6.07, 6.45) is 4.22. The van der Waals surface area contributed by atoms with E-state index in [1.807, 2.05) is 12.3 Å². The number of carbonyl (C=O) groups is 1. The zero-order chi connectivity index (χ0) is 19.3. The number of carboxylic acid groups (broad SMARTS) is 1. The summed E-state index contributed by atoms with van der Waals surface area (Å²) in [5.74, 6) is -1.74. The van der Waals surface area contributed by atoms with Crippen LogP contribution in [-0.2, 0) is 11.3 Å². The molecule has 2 aromatic rings. The van der Waals surface area contributed by atoms with Crippen molar-refractivity contribution >= 4 is 46.0 Å². The lowest BCUT2D eigenvalue weighted by atomic mass is 9.80. The van der Waals surface area contributed by atoms with Gasteiger partial charge in [0.25, 0.3) is 0 Å². The molecular formula is C19H19FIN3O2S. The summed E-state index contributed by atoms with van der Waals surface area (Å²) in [4.78, 5) is 16.4. The van der Waals surface area contributed by atoms with Crippen LogP contribution in [0.2, 0.25) is 0 Å². The summed E-state index contributed by atoms with van der Waals surface area (Å²) < 4.78 is 17.3. The van der Waals surface area contributed by atoms with Crippen LogP contribution < -0.4 is 5.32 Å². The zero-order valence-corrected chi connectivity index (χ0v) is 17.8. The molecule has 2 N–H and O–H groups in total. The number of benzene rings is 1. The van der Waals surface area contributed by atoms with Crippen molar-refractivity contribution in [2.24, 2.45) is 17.3 Å². The van der Waals surface area contributed by atoms with Crippen LogP contribution >= 0.6 is 34.4 Å². The number of fused-ring (bicyclic) bond motifs is 2. The van der Waals surface area contributed by atoms with Crippen molar-refractivity contribution < 1.29 is 14.3 Å². The highest BCUT2D eigenvalue weighted by Gasteiger charge is 2.50. The first-order valence-corrected chi connectivity index (χ1v) is 10.5. The summed E-state index contributed by atoms with van der Waals surface area (Å²) in [5, 5.41) is 14.5. The molecule has 1 aliphatic carbocycles. The molecule has 2 atom stereocenters. The van der Waals surface area contributed by atoms with Crippen LogP contribution in [0.3, 0.4) is 0 Å². The van der Waals surface area contributed by atoms with Gasteiger partial charge in [0.1, 0.15) is 5.82 Å². The normalized spacial score (nSPS) is 23.6. The Labute approximate surface area is 174 Å². The van der Waals surface area contributed by atoms with E-state index in [9.17, 15) is 14.3 Å². The Hall–Kier alpha value is -1.55. The number of nitrogens with one attached hydrogen (secondary N) is 1. The first-order valence-electron chi connectivity index (χ1n) is 8.64. The minimum absolute atomic E-state index is 0.0379. The molecule has 2 aliphatic rings. The number of nitrogens with zero attached hydrogens (tertiary/aromatic N) is 2. The van der Waals surface area contributed by atoms with Crippen LogP contribution in [0.15, 0.2) is 46.4 Å². The average molecular weight is 499 g/mol. The molecule has 0 saturated heterocycles. The van der Waals surface area contributed by atoms with Gasteiger partial charge in [0, 0.05) is 28.4 Å². The van der Waals surface area contributed by atoms with Crippen molar-refractivity contribution in [2.75, 3.05) is 5.32 Å². The van der Waals surface area contributed by atoms with Gasteiger partial charge in [-0.3, -0.25) is 4.79 Å². The van der Waals surface area contributed by atoms with E-state index in [1.54, 1.807) is 12.3 Å². The second-order valence-electron chi connectivity index (χ2n) is 7.63. The van der Waals surface area contributed by atoms with Crippen LogP contribution in [-0.4, -0.2) is 20.6 Å². The SMILES string of the molecule is CC1(C)CC(C(=O)O)C2=C(Nc3ccc(I)cc3F)Sc3nccn3CC21. The molecule has 142 valence electrons. The Morgan fingerprint density at radius 1 is 1.48 bits per heavy atom. The fraction of sp³-hybridized carbons (Fsp3) is 0.368. The predicted molar refractivity (Wildman–Crippen MR) is 111 cm³/mol. The van der Waals surface area contributed by atoms with E-state index in [4.69, 9.17) is 0 Å². The number of anilines is 1. The molecule has 2 unspecified atom stereocenters. The van der Waals surface area contributed by atoms with Crippen LogP contribution in [0, 0.1) is 26.6 Å². The van der Waals surface area contributed by atoms with Crippen molar-refractivity contribution in [1.29, 1.82) is 0 Å². The van der Waals surface area contributed by atoms with E-state index >= 15 is 0 Å². The fourth-order valence-electron chi connectivity index (χ4n) is 4.02. The van der Waals surface area contributed by atoms with Crippen molar-refractivity contribution in [3.8, 4) is 0 Å². The average Bonchev–Trinajstić information content (AvgIpc) is 3.08. The molecule has 1 fully saturated rings. The lowest BCUT2D eigenvalue weighted by Gasteiger charge is -2.27. The van der Waals surface area contributed by atoms with E-state index in [0.717, 1.165) is 14.3 Å². The molecule has 0 bridgehead atoms. The minimum Gasteiger partial charge on any atom is -0.481 e. The van der Waals surface area contributed by atoms with Gasteiger partial charge in [-0.2, -0.15) is 0 Å². The molecule has 1 aromatic carbocycles. The number of imidazole rings is 1. The Kier molecular flexibility index (Phi) is 4.74. The molecule has 27 heavy (non-hydrogen) atoms. The summed E-state index contributed by atoms with van der Waals surface area (Å²) in [7, 11) is 0. The number of aliphatic carboxylic acids is 1. The molecule has 0 amide bonds. The summed E-state index contributed by atoms with van der Waals surface area (Å²) >= 11 is 3.44. The van der Waals surface area contributed by atoms with Gasteiger partial charge < -0.3 is 15.0 Å². The molecule has 1 aromatic heterocycles. The van der Waals surface area contributed by atoms with Crippen LogP contribution in [0.5, 0.6) is 0 Å². The number of thioether (sulfide) groups is 1.